The second kappa shape index (κ2) is 7.76. The summed E-state index contributed by atoms with van der Waals surface area (Å²) in [5.41, 5.74) is 5.36. The molecule has 0 aliphatic carbocycles. The predicted molar refractivity (Wildman–Crippen MR) is 83.4 cm³/mol. The SMILES string of the molecule is CC(=O)N1CCN(C(=O)COc2cccc(F)c2)C[C@H](C(N)=O)C1. The molecule has 1 aromatic rings. The molecule has 8 heteroatoms. The van der Waals surface area contributed by atoms with Gasteiger partial charge in [-0.1, -0.05) is 6.07 Å². The van der Waals surface area contributed by atoms with Crippen LogP contribution in [0.5, 0.6) is 5.75 Å². The number of carbonyl (C=O) groups is 3. The lowest BCUT2D eigenvalue weighted by atomic mass is 10.1. The van der Waals surface area contributed by atoms with Gasteiger partial charge in [0.1, 0.15) is 11.6 Å². The van der Waals surface area contributed by atoms with Crippen LogP contribution in [0.3, 0.4) is 0 Å². The van der Waals surface area contributed by atoms with Crippen molar-refractivity contribution < 1.29 is 23.5 Å². The van der Waals surface area contributed by atoms with Crippen LogP contribution in [0.15, 0.2) is 24.3 Å². The molecule has 1 atom stereocenters. The molecule has 1 fully saturated rings. The third-order valence-electron chi connectivity index (χ3n) is 3.88. The Labute approximate surface area is 139 Å². The van der Waals surface area contributed by atoms with Crippen molar-refractivity contribution in [2.24, 2.45) is 11.7 Å². The van der Waals surface area contributed by atoms with E-state index in [0.29, 0.717) is 6.54 Å². The Morgan fingerprint density at radius 2 is 1.92 bits per heavy atom. The van der Waals surface area contributed by atoms with Crippen LogP contribution in [0.2, 0.25) is 0 Å². The molecule has 2 rings (SSSR count). The van der Waals surface area contributed by atoms with Crippen molar-refractivity contribution in [2.75, 3.05) is 32.8 Å². The van der Waals surface area contributed by atoms with Crippen LogP contribution in [0.25, 0.3) is 0 Å². The largest absolute Gasteiger partial charge is 0.484 e. The van der Waals surface area contributed by atoms with Gasteiger partial charge in [0.2, 0.25) is 11.8 Å². The van der Waals surface area contributed by atoms with Crippen molar-refractivity contribution >= 4 is 17.7 Å². The molecular weight excluding hydrogens is 317 g/mol. The molecule has 1 heterocycles. The highest BCUT2D eigenvalue weighted by atomic mass is 19.1. The van der Waals surface area contributed by atoms with Gasteiger partial charge in [0.15, 0.2) is 6.61 Å². The van der Waals surface area contributed by atoms with Crippen LogP contribution in [0, 0.1) is 11.7 Å². The van der Waals surface area contributed by atoms with Crippen molar-refractivity contribution in [3.05, 3.63) is 30.1 Å². The lowest BCUT2D eigenvalue weighted by molar-refractivity contribution is -0.134. The maximum absolute atomic E-state index is 13.1. The van der Waals surface area contributed by atoms with Crippen LogP contribution in [-0.4, -0.2) is 60.3 Å². The van der Waals surface area contributed by atoms with Crippen molar-refractivity contribution in [3.8, 4) is 5.75 Å². The fourth-order valence-corrected chi connectivity index (χ4v) is 2.50. The van der Waals surface area contributed by atoms with Crippen LogP contribution in [0.4, 0.5) is 4.39 Å². The third-order valence-corrected chi connectivity index (χ3v) is 3.88. The van der Waals surface area contributed by atoms with E-state index in [1.807, 2.05) is 0 Å². The fourth-order valence-electron chi connectivity index (χ4n) is 2.50. The zero-order chi connectivity index (χ0) is 17.7. The molecule has 0 unspecified atom stereocenters. The van der Waals surface area contributed by atoms with Crippen LogP contribution < -0.4 is 10.5 Å². The molecule has 0 radical (unpaired) electrons. The molecule has 1 aromatic carbocycles. The van der Waals surface area contributed by atoms with E-state index in [9.17, 15) is 18.8 Å². The highest BCUT2D eigenvalue weighted by molar-refractivity contribution is 5.82. The molecule has 0 aromatic heterocycles. The average molecular weight is 337 g/mol. The van der Waals surface area contributed by atoms with Gasteiger partial charge in [0, 0.05) is 39.2 Å². The number of nitrogens with zero attached hydrogens (tertiary/aromatic N) is 2. The van der Waals surface area contributed by atoms with Gasteiger partial charge in [0.25, 0.3) is 5.91 Å². The van der Waals surface area contributed by atoms with Crippen molar-refractivity contribution in [1.29, 1.82) is 0 Å². The summed E-state index contributed by atoms with van der Waals surface area (Å²) in [6.45, 7) is 2.06. The number of halogens is 1. The number of ether oxygens (including phenoxy) is 1. The number of primary amides is 1. The van der Waals surface area contributed by atoms with Gasteiger partial charge in [-0.15, -0.1) is 0 Å². The van der Waals surface area contributed by atoms with Gasteiger partial charge in [-0.05, 0) is 12.1 Å². The summed E-state index contributed by atoms with van der Waals surface area (Å²) in [6, 6.07) is 5.48. The monoisotopic (exact) mass is 337 g/mol. The fraction of sp³-hybridized carbons (Fsp3) is 0.438. The summed E-state index contributed by atoms with van der Waals surface area (Å²) in [5, 5.41) is 0. The van der Waals surface area contributed by atoms with E-state index in [4.69, 9.17) is 10.5 Å². The number of hydrogen-bond acceptors (Lipinski definition) is 4. The Bertz CT molecular complexity index is 638. The van der Waals surface area contributed by atoms with Gasteiger partial charge >= 0.3 is 0 Å². The molecule has 24 heavy (non-hydrogen) atoms. The molecule has 3 amide bonds. The van der Waals surface area contributed by atoms with E-state index in [2.05, 4.69) is 0 Å². The van der Waals surface area contributed by atoms with Gasteiger partial charge in [-0.25, -0.2) is 4.39 Å². The van der Waals surface area contributed by atoms with Crippen LogP contribution in [0.1, 0.15) is 6.92 Å². The molecule has 1 aliphatic heterocycles. The lowest BCUT2D eigenvalue weighted by Gasteiger charge is -2.22. The van der Waals surface area contributed by atoms with Gasteiger partial charge < -0.3 is 20.3 Å². The first-order chi connectivity index (χ1) is 11.4. The standard InChI is InChI=1S/C16H20FN3O4/c1-11(21)19-5-6-20(9-12(8-19)16(18)23)15(22)10-24-14-4-2-3-13(17)7-14/h2-4,7,12H,5-6,8-10H2,1H3,(H2,18,23)/t12-/m1/s1. The number of hydrogen-bond donors (Lipinski definition) is 1. The first-order valence-corrected chi connectivity index (χ1v) is 7.58. The Morgan fingerprint density at radius 1 is 1.25 bits per heavy atom. The van der Waals surface area contributed by atoms with E-state index in [1.165, 1.54) is 34.9 Å². The summed E-state index contributed by atoms with van der Waals surface area (Å²) in [5.74, 6) is -1.93. The van der Waals surface area contributed by atoms with Crippen molar-refractivity contribution in [1.82, 2.24) is 9.80 Å². The van der Waals surface area contributed by atoms with E-state index < -0.39 is 17.6 Å². The smallest absolute Gasteiger partial charge is 0.260 e. The summed E-state index contributed by atoms with van der Waals surface area (Å²) < 4.78 is 18.4. The van der Waals surface area contributed by atoms with E-state index in [1.54, 1.807) is 6.07 Å². The molecular formula is C16H20FN3O4. The first kappa shape index (κ1) is 17.7. The summed E-state index contributed by atoms with van der Waals surface area (Å²) >= 11 is 0. The second-order valence-corrected chi connectivity index (χ2v) is 5.65. The molecule has 7 nitrogen and oxygen atoms in total. The third kappa shape index (κ3) is 4.68. The molecule has 0 saturated carbocycles. The summed E-state index contributed by atoms with van der Waals surface area (Å²) in [4.78, 5) is 38.3. The minimum absolute atomic E-state index is 0.129. The zero-order valence-corrected chi connectivity index (χ0v) is 13.4. The number of amides is 3. The summed E-state index contributed by atoms with van der Waals surface area (Å²) in [7, 11) is 0. The first-order valence-electron chi connectivity index (χ1n) is 7.58. The van der Waals surface area contributed by atoms with Gasteiger partial charge in [0.05, 0.1) is 5.92 Å². The number of carbonyl (C=O) groups excluding carboxylic acids is 3. The van der Waals surface area contributed by atoms with Crippen LogP contribution in [-0.2, 0) is 14.4 Å². The number of rotatable bonds is 4. The Balaban J connectivity index is 1.99. The second-order valence-electron chi connectivity index (χ2n) is 5.65. The quantitative estimate of drug-likeness (QED) is 0.837. The van der Waals surface area contributed by atoms with E-state index >= 15 is 0 Å². The molecule has 0 spiro atoms. The maximum atomic E-state index is 13.1. The highest BCUT2D eigenvalue weighted by Crippen LogP contribution is 2.14. The Hall–Kier alpha value is -2.64. The number of benzene rings is 1. The van der Waals surface area contributed by atoms with Gasteiger partial charge in [-0.3, -0.25) is 14.4 Å². The van der Waals surface area contributed by atoms with E-state index in [0.717, 1.165) is 0 Å². The zero-order valence-electron chi connectivity index (χ0n) is 13.4. The van der Waals surface area contributed by atoms with E-state index in [-0.39, 0.29) is 43.8 Å². The normalized spacial score (nSPS) is 18.0. The topological polar surface area (TPSA) is 92.9 Å². The maximum Gasteiger partial charge on any atom is 0.260 e. The van der Waals surface area contributed by atoms with Crippen molar-refractivity contribution in [2.45, 2.75) is 6.92 Å². The van der Waals surface area contributed by atoms with Crippen molar-refractivity contribution in [3.63, 3.8) is 0 Å². The molecule has 1 aliphatic rings. The number of nitrogens with two attached hydrogens (primary N) is 1. The Kier molecular flexibility index (Phi) is 5.73. The molecule has 130 valence electrons. The highest BCUT2D eigenvalue weighted by Gasteiger charge is 2.29. The van der Waals surface area contributed by atoms with Gasteiger partial charge in [-0.2, -0.15) is 0 Å². The molecule has 1 saturated heterocycles. The summed E-state index contributed by atoms with van der Waals surface area (Å²) in [6.07, 6.45) is 0. The lowest BCUT2D eigenvalue weighted by Crippen LogP contribution is -2.42. The molecule has 0 bridgehead atoms. The molecule has 2 N–H and O–H groups in total. The minimum atomic E-state index is -0.630. The average Bonchev–Trinajstić information content (AvgIpc) is 2.76. The predicted octanol–water partition coefficient (Wildman–Crippen LogP) is -0.00330. The minimum Gasteiger partial charge on any atom is -0.484 e. The Morgan fingerprint density at radius 3 is 2.54 bits per heavy atom. The van der Waals surface area contributed by atoms with Crippen LogP contribution >= 0.6 is 0 Å².